The number of ether oxygens (including phenoxy) is 2. The summed E-state index contributed by atoms with van der Waals surface area (Å²) in [5, 5.41) is 6.90. The van der Waals surface area contributed by atoms with Crippen LogP contribution in [0.5, 0.6) is 5.75 Å². The van der Waals surface area contributed by atoms with E-state index in [9.17, 15) is 0 Å². The molecule has 0 aliphatic carbocycles. The highest BCUT2D eigenvalue weighted by Crippen LogP contribution is 2.21. The van der Waals surface area contributed by atoms with Crippen LogP contribution in [0.2, 0.25) is 0 Å². The highest BCUT2D eigenvalue weighted by molar-refractivity contribution is 14.0. The summed E-state index contributed by atoms with van der Waals surface area (Å²) in [6.07, 6.45) is 0. The van der Waals surface area contributed by atoms with Crippen molar-refractivity contribution in [3.63, 3.8) is 0 Å². The lowest BCUT2D eigenvalue weighted by Gasteiger charge is -2.35. The molecule has 1 aliphatic rings. The van der Waals surface area contributed by atoms with Gasteiger partial charge in [0.2, 0.25) is 0 Å². The van der Waals surface area contributed by atoms with Gasteiger partial charge in [-0.25, -0.2) is 4.99 Å². The number of aliphatic imine (C=N–C) groups is 1. The molecular weight excluding hydrogens is 491 g/mol. The molecular formula is C23H33IN4O2. The molecule has 2 aromatic rings. The highest BCUT2D eigenvalue weighted by Gasteiger charge is 2.22. The summed E-state index contributed by atoms with van der Waals surface area (Å²) in [6, 6.07) is 19.0. The second-order valence-electron chi connectivity index (χ2n) is 7.00. The fourth-order valence-electron chi connectivity index (χ4n) is 3.50. The van der Waals surface area contributed by atoms with E-state index in [0.717, 1.165) is 56.7 Å². The molecule has 1 saturated heterocycles. The molecule has 2 N–H and O–H groups in total. The summed E-state index contributed by atoms with van der Waals surface area (Å²) in [5.41, 5.74) is 2.43. The predicted molar refractivity (Wildman–Crippen MR) is 133 cm³/mol. The Morgan fingerprint density at radius 3 is 2.57 bits per heavy atom. The maximum atomic E-state index is 5.55. The Bertz CT molecular complexity index is 767. The number of hydrogen-bond donors (Lipinski definition) is 2. The van der Waals surface area contributed by atoms with Crippen LogP contribution in [0.25, 0.3) is 0 Å². The zero-order valence-electron chi connectivity index (χ0n) is 17.8. The molecule has 1 heterocycles. The molecule has 3 rings (SSSR count). The van der Waals surface area contributed by atoms with Gasteiger partial charge in [0.25, 0.3) is 0 Å². The van der Waals surface area contributed by atoms with Crippen molar-refractivity contribution < 1.29 is 9.47 Å². The number of nitrogens with one attached hydrogen (secondary N) is 2. The number of methoxy groups -OCH3 is 1. The van der Waals surface area contributed by atoms with Gasteiger partial charge >= 0.3 is 0 Å². The van der Waals surface area contributed by atoms with Gasteiger partial charge in [0.05, 0.1) is 32.9 Å². The summed E-state index contributed by atoms with van der Waals surface area (Å²) in [4.78, 5) is 7.25. The molecule has 1 atom stereocenters. The number of guanidine groups is 1. The maximum absolute atomic E-state index is 5.55. The van der Waals surface area contributed by atoms with E-state index >= 15 is 0 Å². The Hall–Kier alpha value is -1.84. The zero-order valence-corrected chi connectivity index (χ0v) is 20.2. The Kier molecular flexibility index (Phi) is 11.0. The third kappa shape index (κ3) is 7.45. The Morgan fingerprint density at radius 1 is 1.10 bits per heavy atom. The first kappa shape index (κ1) is 24.4. The van der Waals surface area contributed by atoms with Gasteiger partial charge in [-0.3, -0.25) is 4.90 Å². The first-order valence-electron chi connectivity index (χ1n) is 10.3. The van der Waals surface area contributed by atoms with Crippen LogP contribution in [0.4, 0.5) is 0 Å². The lowest BCUT2D eigenvalue weighted by Crippen LogP contribution is -2.46. The van der Waals surface area contributed by atoms with Gasteiger partial charge in [-0.1, -0.05) is 42.5 Å². The van der Waals surface area contributed by atoms with E-state index in [0.29, 0.717) is 6.54 Å². The minimum Gasteiger partial charge on any atom is -0.497 e. The Balaban J connectivity index is 0.00000320. The number of morpholine rings is 1. The van der Waals surface area contributed by atoms with Gasteiger partial charge in [-0.2, -0.15) is 0 Å². The van der Waals surface area contributed by atoms with Crippen LogP contribution in [0.3, 0.4) is 0 Å². The third-order valence-corrected chi connectivity index (χ3v) is 5.03. The lowest BCUT2D eigenvalue weighted by molar-refractivity contribution is 0.0170. The predicted octanol–water partition coefficient (Wildman–Crippen LogP) is 3.44. The largest absolute Gasteiger partial charge is 0.497 e. The first-order valence-corrected chi connectivity index (χ1v) is 10.3. The molecule has 0 bridgehead atoms. The fraction of sp³-hybridized carbons (Fsp3) is 0.435. The zero-order chi connectivity index (χ0) is 20.3. The van der Waals surface area contributed by atoms with Crippen molar-refractivity contribution in [3.05, 3.63) is 65.7 Å². The Morgan fingerprint density at radius 2 is 1.87 bits per heavy atom. The molecule has 0 spiro atoms. The SMILES string of the molecule is CCNC(=NCc1cccc(OC)c1)NCC(c1ccccc1)N1CCOCC1.I. The smallest absolute Gasteiger partial charge is 0.191 e. The number of hydrogen-bond acceptors (Lipinski definition) is 4. The molecule has 1 unspecified atom stereocenters. The average Bonchev–Trinajstić information content (AvgIpc) is 2.79. The standard InChI is InChI=1S/C23H32N4O2.HI/c1-3-24-23(25-17-19-8-7-11-21(16-19)28-2)26-18-22(20-9-5-4-6-10-20)27-12-14-29-15-13-27;/h4-11,16,22H,3,12-15,17-18H2,1-2H3,(H2,24,25,26);1H. The second-order valence-corrected chi connectivity index (χ2v) is 7.00. The summed E-state index contributed by atoms with van der Waals surface area (Å²) in [6.45, 7) is 7.74. The van der Waals surface area contributed by atoms with Crippen LogP contribution in [-0.2, 0) is 11.3 Å². The third-order valence-electron chi connectivity index (χ3n) is 5.03. The minimum absolute atomic E-state index is 0. The molecule has 6 nitrogen and oxygen atoms in total. The van der Waals surface area contributed by atoms with E-state index in [-0.39, 0.29) is 30.0 Å². The summed E-state index contributed by atoms with van der Waals surface area (Å²) < 4.78 is 10.9. The van der Waals surface area contributed by atoms with Crippen LogP contribution in [0.1, 0.15) is 24.1 Å². The van der Waals surface area contributed by atoms with Crippen LogP contribution in [-0.4, -0.2) is 57.4 Å². The van der Waals surface area contributed by atoms with Crippen LogP contribution < -0.4 is 15.4 Å². The van der Waals surface area contributed by atoms with Crippen molar-refractivity contribution in [1.82, 2.24) is 15.5 Å². The molecule has 0 radical (unpaired) electrons. The van der Waals surface area contributed by atoms with Crippen molar-refractivity contribution in [2.24, 2.45) is 4.99 Å². The summed E-state index contributed by atoms with van der Waals surface area (Å²) >= 11 is 0. The van der Waals surface area contributed by atoms with Crippen molar-refractivity contribution >= 4 is 29.9 Å². The molecule has 164 valence electrons. The molecule has 7 heteroatoms. The van der Waals surface area contributed by atoms with Gasteiger partial charge < -0.3 is 20.1 Å². The van der Waals surface area contributed by atoms with Gasteiger partial charge in [-0.15, -0.1) is 24.0 Å². The lowest BCUT2D eigenvalue weighted by atomic mass is 10.0. The van der Waals surface area contributed by atoms with Gasteiger partial charge in [0.1, 0.15) is 5.75 Å². The van der Waals surface area contributed by atoms with Crippen molar-refractivity contribution in [2.45, 2.75) is 19.5 Å². The summed E-state index contributed by atoms with van der Waals surface area (Å²) in [5.74, 6) is 1.68. The summed E-state index contributed by atoms with van der Waals surface area (Å²) in [7, 11) is 1.68. The van der Waals surface area contributed by atoms with E-state index < -0.39 is 0 Å². The monoisotopic (exact) mass is 524 g/mol. The van der Waals surface area contributed by atoms with Crippen LogP contribution in [0.15, 0.2) is 59.6 Å². The van der Waals surface area contributed by atoms with E-state index in [1.807, 2.05) is 18.2 Å². The van der Waals surface area contributed by atoms with Crippen molar-refractivity contribution in [2.75, 3.05) is 46.5 Å². The van der Waals surface area contributed by atoms with Crippen molar-refractivity contribution in [3.8, 4) is 5.75 Å². The molecule has 30 heavy (non-hydrogen) atoms. The van der Waals surface area contributed by atoms with E-state index in [1.54, 1.807) is 7.11 Å². The normalized spacial score (nSPS) is 15.7. The number of rotatable bonds is 8. The fourth-order valence-corrected chi connectivity index (χ4v) is 3.50. The second kappa shape index (κ2) is 13.5. The molecule has 1 fully saturated rings. The van der Waals surface area contributed by atoms with E-state index in [2.05, 4.69) is 58.9 Å². The van der Waals surface area contributed by atoms with Crippen LogP contribution >= 0.6 is 24.0 Å². The molecule has 0 saturated carbocycles. The average molecular weight is 524 g/mol. The number of benzene rings is 2. The topological polar surface area (TPSA) is 58.1 Å². The molecule has 1 aliphatic heterocycles. The van der Waals surface area contributed by atoms with E-state index in [1.165, 1.54) is 5.56 Å². The van der Waals surface area contributed by atoms with Gasteiger partial charge in [0.15, 0.2) is 5.96 Å². The Labute approximate surface area is 197 Å². The van der Waals surface area contributed by atoms with E-state index in [4.69, 9.17) is 14.5 Å². The number of halogens is 1. The van der Waals surface area contributed by atoms with Gasteiger partial charge in [-0.05, 0) is 30.2 Å². The number of nitrogens with zero attached hydrogens (tertiary/aromatic N) is 2. The van der Waals surface area contributed by atoms with Gasteiger partial charge in [0, 0.05) is 26.2 Å². The first-order chi connectivity index (χ1) is 14.3. The van der Waals surface area contributed by atoms with Crippen molar-refractivity contribution in [1.29, 1.82) is 0 Å². The minimum atomic E-state index is 0. The molecule has 0 amide bonds. The molecule has 0 aromatic heterocycles. The highest BCUT2D eigenvalue weighted by atomic mass is 127. The maximum Gasteiger partial charge on any atom is 0.191 e. The molecule has 2 aromatic carbocycles. The quantitative estimate of drug-likeness (QED) is 0.315. The van der Waals surface area contributed by atoms with Crippen LogP contribution in [0, 0.1) is 0 Å².